The summed E-state index contributed by atoms with van der Waals surface area (Å²) in [5.74, 6) is 0. The predicted octanol–water partition coefficient (Wildman–Crippen LogP) is 5.62. The minimum atomic E-state index is -0.0484. The van der Waals surface area contributed by atoms with Gasteiger partial charge in [0, 0.05) is 29.5 Å². The lowest BCUT2D eigenvalue weighted by atomic mass is 9.96. The Morgan fingerprint density at radius 1 is 0.941 bits per heavy atom. The number of hydrogen-bond acceptors (Lipinski definition) is 3. The van der Waals surface area contributed by atoms with Crippen LogP contribution in [0.25, 0.3) is 5.69 Å². The van der Waals surface area contributed by atoms with Gasteiger partial charge in [0.25, 0.3) is 0 Å². The van der Waals surface area contributed by atoms with Crippen LogP contribution in [-0.4, -0.2) is 24.5 Å². The molecule has 1 N–H and O–H groups in total. The highest BCUT2D eigenvalue weighted by Gasteiger charge is 2.41. The van der Waals surface area contributed by atoms with Crippen LogP contribution in [0.5, 0.6) is 0 Å². The van der Waals surface area contributed by atoms with E-state index in [2.05, 4.69) is 88.0 Å². The molecule has 1 aromatic carbocycles. The van der Waals surface area contributed by atoms with Crippen molar-refractivity contribution in [1.82, 2.24) is 24.8 Å². The van der Waals surface area contributed by atoms with E-state index in [9.17, 15) is 0 Å². The molecule has 3 aromatic heterocycles. The fourth-order valence-corrected chi connectivity index (χ4v) is 5.37. The molecule has 34 heavy (non-hydrogen) atoms. The summed E-state index contributed by atoms with van der Waals surface area (Å²) in [5, 5.41) is 4.29. The van der Waals surface area contributed by atoms with Crippen LogP contribution < -0.4 is 5.32 Å². The highest BCUT2D eigenvalue weighted by Crippen LogP contribution is 2.42. The van der Waals surface area contributed by atoms with Gasteiger partial charge in [-0.25, -0.2) is 0 Å². The largest absolute Gasteiger partial charge is 0.352 e. The molecule has 0 aliphatic carbocycles. The summed E-state index contributed by atoms with van der Waals surface area (Å²) in [5.41, 5.74) is 8.24. The molecule has 4 heterocycles. The lowest BCUT2D eigenvalue weighted by Gasteiger charge is -2.28. The maximum absolute atomic E-state index is 5.86. The van der Waals surface area contributed by atoms with Crippen molar-refractivity contribution in [3.63, 3.8) is 0 Å². The summed E-state index contributed by atoms with van der Waals surface area (Å²) >= 11 is 5.86. The third-order valence-electron chi connectivity index (χ3n) is 6.66. The van der Waals surface area contributed by atoms with Crippen molar-refractivity contribution in [2.75, 3.05) is 0 Å². The standard InChI is InChI=1S/C28H29N5S/c1-4-21-11-5-6-14-25(21)33-19(2)17-23(20(33)3)27-26(24-13-8-10-16-30-24)31-28(34)32(27)18-22-12-7-9-15-29-22/h5-17,26-27H,4,18H2,1-3H3,(H,31,34)/t26-,27+/m0/s1. The van der Waals surface area contributed by atoms with Crippen LogP contribution in [0, 0.1) is 13.8 Å². The van der Waals surface area contributed by atoms with Gasteiger partial charge in [-0.05, 0) is 80.0 Å². The van der Waals surface area contributed by atoms with E-state index in [1.165, 1.54) is 28.2 Å². The Morgan fingerprint density at radius 2 is 1.68 bits per heavy atom. The van der Waals surface area contributed by atoms with Gasteiger partial charge in [0.15, 0.2) is 5.11 Å². The number of hydrogen-bond donors (Lipinski definition) is 1. The minimum Gasteiger partial charge on any atom is -0.352 e. The molecule has 1 aliphatic rings. The zero-order valence-corrected chi connectivity index (χ0v) is 20.6. The minimum absolute atomic E-state index is 0.00172. The lowest BCUT2D eigenvalue weighted by Crippen LogP contribution is -2.29. The Kier molecular flexibility index (Phi) is 6.16. The molecule has 1 saturated heterocycles. The Labute approximate surface area is 206 Å². The fraction of sp³-hybridized carbons (Fsp3) is 0.250. The molecule has 0 bridgehead atoms. The second kappa shape index (κ2) is 9.39. The third-order valence-corrected chi connectivity index (χ3v) is 7.01. The van der Waals surface area contributed by atoms with Crippen molar-refractivity contribution in [3.05, 3.63) is 113 Å². The van der Waals surface area contributed by atoms with Gasteiger partial charge in [0.05, 0.1) is 30.0 Å². The smallest absolute Gasteiger partial charge is 0.170 e. The Balaban J connectivity index is 1.64. The summed E-state index contributed by atoms with van der Waals surface area (Å²) in [4.78, 5) is 11.5. The van der Waals surface area contributed by atoms with Gasteiger partial charge in [-0.15, -0.1) is 0 Å². The summed E-state index contributed by atoms with van der Waals surface area (Å²) < 4.78 is 2.38. The van der Waals surface area contributed by atoms with E-state index < -0.39 is 0 Å². The number of benzene rings is 1. The van der Waals surface area contributed by atoms with Gasteiger partial charge in [-0.2, -0.15) is 0 Å². The van der Waals surface area contributed by atoms with E-state index >= 15 is 0 Å². The highest BCUT2D eigenvalue weighted by atomic mass is 32.1. The number of para-hydroxylation sites is 1. The van der Waals surface area contributed by atoms with E-state index in [1.54, 1.807) is 0 Å². The van der Waals surface area contributed by atoms with E-state index in [0.29, 0.717) is 6.54 Å². The molecule has 172 valence electrons. The Hall–Kier alpha value is -3.51. The van der Waals surface area contributed by atoms with Crippen LogP contribution in [-0.2, 0) is 13.0 Å². The van der Waals surface area contributed by atoms with Gasteiger partial charge >= 0.3 is 0 Å². The van der Waals surface area contributed by atoms with Crippen molar-refractivity contribution in [1.29, 1.82) is 0 Å². The molecule has 0 saturated carbocycles. The molecular weight excluding hydrogens is 438 g/mol. The predicted molar refractivity (Wildman–Crippen MR) is 140 cm³/mol. The monoisotopic (exact) mass is 467 g/mol. The van der Waals surface area contributed by atoms with Crippen LogP contribution in [0.2, 0.25) is 0 Å². The van der Waals surface area contributed by atoms with Crippen molar-refractivity contribution in [2.45, 2.75) is 45.8 Å². The van der Waals surface area contributed by atoms with E-state index in [4.69, 9.17) is 12.2 Å². The molecule has 5 rings (SSSR count). The first kappa shape index (κ1) is 22.3. The molecule has 1 fully saturated rings. The first-order chi connectivity index (χ1) is 16.6. The molecule has 0 radical (unpaired) electrons. The normalized spacial score (nSPS) is 17.7. The van der Waals surface area contributed by atoms with Crippen LogP contribution >= 0.6 is 12.2 Å². The van der Waals surface area contributed by atoms with Crippen LogP contribution in [0.15, 0.2) is 79.1 Å². The zero-order valence-electron chi connectivity index (χ0n) is 19.8. The molecule has 0 spiro atoms. The molecular formula is C28H29N5S. The van der Waals surface area contributed by atoms with Crippen molar-refractivity contribution in [2.24, 2.45) is 0 Å². The number of pyridine rings is 2. The second-order valence-electron chi connectivity index (χ2n) is 8.72. The van der Waals surface area contributed by atoms with E-state index in [1.807, 2.05) is 36.7 Å². The first-order valence-corrected chi connectivity index (χ1v) is 12.1. The van der Waals surface area contributed by atoms with Crippen molar-refractivity contribution >= 4 is 17.3 Å². The lowest BCUT2D eigenvalue weighted by molar-refractivity contribution is 0.307. The summed E-state index contributed by atoms with van der Waals surface area (Å²) in [7, 11) is 0. The van der Waals surface area contributed by atoms with Crippen molar-refractivity contribution in [3.8, 4) is 5.69 Å². The van der Waals surface area contributed by atoms with Gasteiger partial charge < -0.3 is 14.8 Å². The molecule has 0 amide bonds. The second-order valence-corrected chi connectivity index (χ2v) is 9.11. The average Bonchev–Trinajstić information content (AvgIpc) is 3.35. The highest BCUT2D eigenvalue weighted by molar-refractivity contribution is 7.80. The van der Waals surface area contributed by atoms with Gasteiger partial charge in [0.2, 0.25) is 0 Å². The molecule has 6 heteroatoms. The maximum atomic E-state index is 5.86. The number of nitrogens with zero attached hydrogens (tertiary/aromatic N) is 4. The summed E-state index contributed by atoms with van der Waals surface area (Å²) in [6.07, 6.45) is 4.67. The fourth-order valence-electron chi connectivity index (χ4n) is 5.07. The third kappa shape index (κ3) is 3.99. The van der Waals surface area contributed by atoms with Crippen LogP contribution in [0.4, 0.5) is 0 Å². The van der Waals surface area contributed by atoms with Gasteiger partial charge in [0.1, 0.15) is 0 Å². The summed E-state index contributed by atoms with van der Waals surface area (Å²) in [6, 6.07) is 23.0. The molecule has 2 atom stereocenters. The van der Waals surface area contributed by atoms with Gasteiger partial charge in [-0.1, -0.05) is 37.3 Å². The molecule has 4 aromatic rings. The van der Waals surface area contributed by atoms with Crippen molar-refractivity contribution < 1.29 is 0 Å². The number of aromatic nitrogens is 3. The van der Waals surface area contributed by atoms with E-state index in [-0.39, 0.29) is 12.1 Å². The quantitative estimate of drug-likeness (QED) is 0.373. The topological polar surface area (TPSA) is 46.0 Å². The zero-order chi connectivity index (χ0) is 23.7. The molecule has 0 unspecified atom stereocenters. The number of nitrogens with one attached hydrogen (secondary N) is 1. The molecule has 1 aliphatic heterocycles. The Bertz CT molecular complexity index is 1300. The van der Waals surface area contributed by atoms with Crippen LogP contribution in [0.3, 0.4) is 0 Å². The number of rotatable bonds is 6. The van der Waals surface area contributed by atoms with E-state index in [0.717, 1.165) is 22.9 Å². The number of thiocarbonyl (C=S) groups is 1. The summed E-state index contributed by atoms with van der Waals surface area (Å²) in [6.45, 7) is 7.24. The SMILES string of the molecule is CCc1ccccc1-n1c(C)cc([C@@H]2[C@H](c3ccccn3)NC(=S)N2Cc2ccccn2)c1C. The van der Waals surface area contributed by atoms with Gasteiger partial charge in [-0.3, -0.25) is 9.97 Å². The van der Waals surface area contributed by atoms with Crippen LogP contribution in [0.1, 0.15) is 52.9 Å². The number of aryl methyl sites for hydroxylation is 2. The molecule has 5 nitrogen and oxygen atoms in total. The first-order valence-electron chi connectivity index (χ1n) is 11.7. The average molecular weight is 468 g/mol. The maximum Gasteiger partial charge on any atom is 0.170 e. The Morgan fingerprint density at radius 3 is 2.38 bits per heavy atom.